The molecule has 0 radical (unpaired) electrons. The van der Waals surface area contributed by atoms with E-state index >= 15 is 0 Å². The number of hydrogen-bond donors (Lipinski definition) is 0. The zero-order chi connectivity index (χ0) is 14.3. The number of aromatic nitrogens is 4. The standard InChI is InChI=1S/C13H17ClN4O2/c1-8(2)17-10-7-15-12(14)16-11(10)18(13(17)19)9-3-5-20-6-4-9/h7-9H,3-6H2,1-2H3. The molecule has 0 N–H and O–H groups in total. The summed E-state index contributed by atoms with van der Waals surface area (Å²) in [7, 11) is 0. The van der Waals surface area contributed by atoms with Crippen molar-refractivity contribution in [3.8, 4) is 0 Å². The minimum absolute atomic E-state index is 0.0431. The largest absolute Gasteiger partial charge is 0.381 e. The zero-order valence-electron chi connectivity index (χ0n) is 11.5. The SMILES string of the molecule is CC(C)n1c(=O)n(C2CCOCC2)c2nc(Cl)ncc21. The monoisotopic (exact) mass is 296 g/mol. The van der Waals surface area contributed by atoms with Gasteiger partial charge >= 0.3 is 5.69 Å². The molecule has 1 aliphatic rings. The number of hydrogen-bond acceptors (Lipinski definition) is 4. The van der Waals surface area contributed by atoms with Gasteiger partial charge in [-0.25, -0.2) is 9.78 Å². The van der Waals surface area contributed by atoms with Crippen LogP contribution in [0.3, 0.4) is 0 Å². The van der Waals surface area contributed by atoms with Gasteiger partial charge in [0.05, 0.1) is 6.20 Å². The Balaban J connectivity index is 2.26. The number of nitrogens with zero attached hydrogens (tertiary/aromatic N) is 4. The van der Waals surface area contributed by atoms with Crippen LogP contribution in [0.2, 0.25) is 5.28 Å². The van der Waals surface area contributed by atoms with Gasteiger partial charge in [-0.2, -0.15) is 4.98 Å². The molecular formula is C13H17ClN4O2. The van der Waals surface area contributed by atoms with Gasteiger partial charge < -0.3 is 4.74 Å². The molecule has 6 nitrogen and oxygen atoms in total. The number of imidazole rings is 1. The Labute approximate surface area is 121 Å². The molecule has 2 aromatic heterocycles. The fourth-order valence-electron chi connectivity index (χ4n) is 2.77. The molecule has 2 aromatic rings. The lowest BCUT2D eigenvalue weighted by Crippen LogP contribution is -2.31. The second-order valence-corrected chi connectivity index (χ2v) is 5.65. The van der Waals surface area contributed by atoms with Crippen LogP contribution in [-0.2, 0) is 4.74 Å². The highest BCUT2D eigenvalue weighted by atomic mass is 35.5. The molecule has 1 saturated heterocycles. The Morgan fingerprint density at radius 3 is 2.75 bits per heavy atom. The molecular weight excluding hydrogens is 280 g/mol. The molecule has 0 saturated carbocycles. The van der Waals surface area contributed by atoms with E-state index in [9.17, 15) is 4.79 Å². The third-order valence-electron chi connectivity index (χ3n) is 3.69. The molecule has 0 unspecified atom stereocenters. The summed E-state index contributed by atoms with van der Waals surface area (Å²) >= 11 is 5.90. The lowest BCUT2D eigenvalue weighted by molar-refractivity contribution is 0.0694. The summed E-state index contributed by atoms with van der Waals surface area (Å²) in [5, 5.41) is 0.166. The van der Waals surface area contributed by atoms with Crippen molar-refractivity contribution in [2.45, 2.75) is 38.8 Å². The Bertz CT molecular complexity index is 685. The summed E-state index contributed by atoms with van der Waals surface area (Å²) in [6.45, 7) is 5.29. The highest BCUT2D eigenvalue weighted by molar-refractivity contribution is 6.28. The Hall–Kier alpha value is -1.40. The van der Waals surface area contributed by atoms with E-state index in [1.807, 2.05) is 13.8 Å². The van der Waals surface area contributed by atoms with E-state index in [4.69, 9.17) is 16.3 Å². The molecule has 3 heterocycles. The van der Waals surface area contributed by atoms with E-state index in [2.05, 4.69) is 9.97 Å². The maximum atomic E-state index is 12.7. The average Bonchev–Trinajstić information content (AvgIpc) is 2.71. The molecule has 0 amide bonds. The van der Waals surface area contributed by atoms with Crippen molar-refractivity contribution in [2.24, 2.45) is 0 Å². The molecule has 0 spiro atoms. The molecule has 0 aromatic carbocycles. The highest BCUT2D eigenvalue weighted by Gasteiger charge is 2.24. The van der Waals surface area contributed by atoms with Crippen molar-refractivity contribution in [3.63, 3.8) is 0 Å². The Morgan fingerprint density at radius 1 is 1.40 bits per heavy atom. The fraction of sp³-hybridized carbons (Fsp3) is 0.615. The molecule has 7 heteroatoms. The first-order valence-corrected chi connectivity index (χ1v) is 7.20. The van der Waals surface area contributed by atoms with E-state index in [0.29, 0.717) is 18.9 Å². The van der Waals surface area contributed by atoms with Gasteiger partial charge in [-0.05, 0) is 38.3 Å². The smallest absolute Gasteiger partial charge is 0.330 e. The van der Waals surface area contributed by atoms with E-state index in [1.165, 1.54) is 0 Å². The van der Waals surface area contributed by atoms with Gasteiger partial charge in [0.2, 0.25) is 5.28 Å². The molecule has 3 rings (SSSR count). The van der Waals surface area contributed by atoms with Gasteiger partial charge in [-0.3, -0.25) is 9.13 Å². The van der Waals surface area contributed by atoms with Gasteiger partial charge in [0.15, 0.2) is 5.65 Å². The summed E-state index contributed by atoms with van der Waals surface area (Å²) in [6.07, 6.45) is 3.26. The van der Waals surface area contributed by atoms with E-state index in [0.717, 1.165) is 18.4 Å². The topological polar surface area (TPSA) is 61.9 Å². The Morgan fingerprint density at radius 2 is 2.10 bits per heavy atom. The Kier molecular flexibility index (Phi) is 3.52. The summed E-state index contributed by atoms with van der Waals surface area (Å²) < 4.78 is 8.85. The third kappa shape index (κ3) is 2.13. The summed E-state index contributed by atoms with van der Waals surface area (Å²) in [5.74, 6) is 0. The van der Waals surface area contributed by atoms with E-state index in [1.54, 1.807) is 15.3 Å². The van der Waals surface area contributed by atoms with Crippen molar-refractivity contribution in [1.29, 1.82) is 0 Å². The first-order chi connectivity index (χ1) is 9.59. The maximum Gasteiger partial charge on any atom is 0.330 e. The van der Waals surface area contributed by atoms with Crippen LogP contribution in [0, 0.1) is 0 Å². The molecule has 0 atom stereocenters. The lowest BCUT2D eigenvalue weighted by Gasteiger charge is -2.22. The van der Waals surface area contributed by atoms with Crippen molar-refractivity contribution in [2.75, 3.05) is 13.2 Å². The van der Waals surface area contributed by atoms with Crippen LogP contribution >= 0.6 is 11.6 Å². The van der Waals surface area contributed by atoms with Gasteiger partial charge in [0.1, 0.15) is 5.52 Å². The predicted octanol–water partition coefficient (Wildman–Crippen LogP) is 2.18. The first kappa shape index (κ1) is 13.6. The number of ether oxygens (including phenoxy) is 1. The molecule has 20 heavy (non-hydrogen) atoms. The normalized spacial score (nSPS) is 17.2. The van der Waals surface area contributed by atoms with Gasteiger partial charge in [-0.1, -0.05) is 0 Å². The molecule has 108 valence electrons. The van der Waals surface area contributed by atoms with Crippen molar-refractivity contribution < 1.29 is 4.74 Å². The van der Waals surface area contributed by atoms with Crippen molar-refractivity contribution >= 4 is 22.8 Å². The van der Waals surface area contributed by atoms with E-state index < -0.39 is 0 Å². The predicted molar refractivity (Wildman–Crippen MR) is 76.3 cm³/mol. The molecule has 1 fully saturated rings. The quantitative estimate of drug-likeness (QED) is 0.797. The summed E-state index contributed by atoms with van der Waals surface area (Å²) in [6, 6.07) is 0.167. The summed E-state index contributed by atoms with van der Waals surface area (Å²) in [4.78, 5) is 21.0. The van der Waals surface area contributed by atoms with Gasteiger partial charge in [-0.15, -0.1) is 0 Å². The van der Waals surface area contributed by atoms with Crippen LogP contribution in [0.25, 0.3) is 11.2 Å². The van der Waals surface area contributed by atoms with Crippen LogP contribution < -0.4 is 5.69 Å². The third-order valence-corrected chi connectivity index (χ3v) is 3.87. The second-order valence-electron chi connectivity index (χ2n) is 5.31. The number of rotatable bonds is 2. The van der Waals surface area contributed by atoms with Crippen LogP contribution in [-0.4, -0.2) is 32.3 Å². The maximum absolute atomic E-state index is 12.7. The lowest BCUT2D eigenvalue weighted by atomic mass is 10.1. The van der Waals surface area contributed by atoms with Crippen LogP contribution in [0.15, 0.2) is 11.0 Å². The van der Waals surface area contributed by atoms with Crippen LogP contribution in [0.4, 0.5) is 0 Å². The average molecular weight is 297 g/mol. The van der Waals surface area contributed by atoms with Crippen molar-refractivity contribution in [3.05, 3.63) is 22.0 Å². The number of halogens is 1. The molecule has 0 bridgehead atoms. The first-order valence-electron chi connectivity index (χ1n) is 6.82. The summed E-state index contributed by atoms with van der Waals surface area (Å²) in [5.41, 5.74) is 1.31. The highest BCUT2D eigenvalue weighted by Crippen LogP contribution is 2.25. The van der Waals surface area contributed by atoms with Gasteiger partial charge in [0, 0.05) is 25.3 Å². The van der Waals surface area contributed by atoms with E-state index in [-0.39, 0.29) is 23.1 Å². The molecule has 1 aliphatic heterocycles. The molecule has 0 aliphatic carbocycles. The van der Waals surface area contributed by atoms with Crippen molar-refractivity contribution in [1.82, 2.24) is 19.1 Å². The van der Waals surface area contributed by atoms with Crippen LogP contribution in [0.1, 0.15) is 38.8 Å². The zero-order valence-corrected chi connectivity index (χ0v) is 12.3. The van der Waals surface area contributed by atoms with Gasteiger partial charge in [0.25, 0.3) is 0 Å². The minimum atomic E-state index is -0.0431. The number of fused-ring (bicyclic) bond motifs is 1. The fourth-order valence-corrected chi connectivity index (χ4v) is 2.90. The minimum Gasteiger partial charge on any atom is -0.381 e. The van der Waals surface area contributed by atoms with Crippen LogP contribution in [0.5, 0.6) is 0 Å². The second kappa shape index (κ2) is 5.18.